The smallest absolute Gasteiger partial charge is 0.274 e. The Hall–Kier alpha value is -2.23. The van der Waals surface area contributed by atoms with E-state index in [0.29, 0.717) is 5.69 Å². The molecule has 4 heteroatoms. The first-order chi connectivity index (χ1) is 8.72. The lowest BCUT2D eigenvalue weighted by atomic mass is 10.1. The van der Waals surface area contributed by atoms with E-state index in [1.807, 2.05) is 25.1 Å². The monoisotopic (exact) mass is 241 g/mol. The molecule has 0 saturated carbocycles. The molecule has 0 bridgehead atoms. The predicted octanol–water partition coefficient (Wildman–Crippen LogP) is 2.60. The van der Waals surface area contributed by atoms with Crippen molar-refractivity contribution in [3.05, 3.63) is 53.6 Å². The number of rotatable bonds is 3. The Kier molecular flexibility index (Phi) is 3.67. The number of nitrogens with zero attached hydrogens (tertiary/aromatic N) is 2. The summed E-state index contributed by atoms with van der Waals surface area (Å²) in [7, 11) is 0. The second-order valence-electron chi connectivity index (χ2n) is 4.01. The average molecular weight is 241 g/mol. The number of carbonyl (C=O) groups is 1. The fraction of sp³-hybridized carbons (Fsp3) is 0.214. The quantitative estimate of drug-likeness (QED) is 0.898. The lowest BCUT2D eigenvalue weighted by molar-refractivity contribution is 0.102. The number of anilines is 1. The summed E-state index contributed by atoms with van der Waals surface area (Å²) >= 11 is 0. The zero-order valence-electron chi connectivity index (χ0n) is 10.5. The van der Waals surface area contributed by atoms with Crippen molar-refractivity contribution in [1.82, 2.24) is 9.97 Å². The fourth-order valence-electron chi connectivity index (χ4n) is 1.80. The van der Waals surface area contributed by atoms with Gasteiger partial charge in [-0.2, -0.15) is 0 Å². The summed E-state index contributed by atoms with van der Waals surface area (Å²) in [5, 5.41) is 2.92. The minimum absolute atomic E-state index is 0.207. The Bertz CT molecular complexity index is 552. The van der Waals surface area contributed by atoms with E-state index in [-0.39, 0.29) is 5.91 Å². The van der Waals surface area contributed by atoms with E-state index in [1.165, 1.54) is 6.33 Å². The van der Waals surface area contributed by atoms with Crippen molar-refractivity contribution in [2.45, 2.75) is 20.3 Å². The van der Waals surface area contributed by atoms with Crippen LogP contribution in [0.5, 0.6) is 0 Å². The molecule has 2 aromatic rings. The molecule has 0 radical (unpaired) electrons. The molecule has 0 aliphatic carbocycles. The summed E-state index contributed by atoms with van der Waals surface area (Å²) in [6.45, 7) is 4.05. The molecule has 2 rings (SSSR count). The van der Waals surface area contributed by atoms with Gasteiger partial charge < -0.3 is 5.32 Å². The van der Waals surface area contributed by atoms with Gasteiger partial charge in [0.15, 0.2) is 0 Å². The largest absolute Gasteiger partial charge is 0.320 e. The van der Waals surface area contributed by atoms with Crippen LogP contribution >= 0.6 is 0 Å². The normalized spacial score (nSPS) is 10.1. The molecule has 1 amide bonds. The van der Waals surface area contributed by atoms with Gasteiger partial charge in [0.25, 0.3) is 5.91 Å². The van der Waals surface area contributed by atoms with Gasteiger partial charge in [0, 0.05) is 11.9 Å². The molecule has 92 valence electrons. The SMILES string of the molecule is CCc1cccc(C)c1NC(=O)c1ccncn1. The lowest BCUT2D eigenvalue weighted by Crippen LogP contribution is -2.15. The lowest BCUT2D eigenvalue weighted by Gasteiger charge is -2.12. The third-order valence-corrected chi connectivity index (χ3v) is 2.79. The first-order valence-corrected chi connectivity index (χ1v) is 5.88. The van der Waals surface area contributed by atoms with E-state index < -0.39 is 0 Å². The number of aromatic nitrogens is 2. The highest BCUT2D eigenvalue weighted by Crippen LogP contribution is 2.21. The minimum atomic E-state index is -0.207. The van der Waals surface area contributed by atoms with Crippen molar-refractivity contribution in [3.63, 3.8) is 0 Å². The van der Waals surface area contributed by atoms with Crippen LogP contribution in [0.15, 0.2) is 36.8 Å². The molecule has 0 unspecified atom stereocenters. The maximum atomic E-state index is 12.0. The molecule has 0 fully saturated rings. The van der Waals surface area contributed by atoms with Crippen molar-refractivity contribution in [2.24, 2.45) is 0 Å². The number of hydrogen-bond acceptors (Lipinski definition) is 3. The Labute approximate surface area is 106 Å². The summed E-state index contributed by atoms with van der Waals surface area (Å²) in [5.74, 6) is -0.207. The number of aryl methyl sites for hydroxylation is 2. The third kappa shape index (κ3) is 2.53. The van der Waals surface area contributed by atoms with Gasteiger partial charge in [0.05, 0.1) is 0 Å². The molecular weight excluding hydrogens is 226 g/mol. The molecule has 0 aliphatic rings. The third-order valence-electron chi connectivity index (χ3n) is 2.79. The highest BCUT2D eigenvalue weighted by atomic mass is 16.1. The number of hydrogen-bond donors (Lipinski definition) is 1. The summed E-state index contributed by atoms with van der Waals surface area (Å²) in [6.07, 6.45) is 3.80. The molecule has 0 spiro atoms. The topological polar surface area (TPSA) is 54.9 Å². The van der Waals surface area contributed by atoms with Crippen LogP contribution in [0.3, 0.4) is 0 Å². The van der Waals surface area contributed by atoms with E-state index in [9.17, 15) is 4.79 Å². The number of nitrogens with one attached hydrogen (secondary N) is 1. The summed E-state index contributed by atoms with van der Waals surface area (Å²) in [5.41, 5.74) is 3.42. The summed E-state index contributed by atoms with van der Waals surface area (Å²) in [4.78, 5) is 19.8. The highest BCUT2D eigenvalue weighted by molar-refractivity contribution is 6.03. The van der Waals surface area contributed by atoms with E-state index >= 15 is 0 Å². The Morgan fingerprint density at radius 3 is 2.83 bits per heavy atom. The van der Waals surface area contributed by atoms with E-state index in [4.69, 9.17) is 0 Å². The predicted molar refractivity (Wildman–Crippen MR) is 70.5 cm³/mol. The van der Waals surface area contributed by atoms with Crippen LogP contribution in [-0.4, -0.2) is 15.9 Å². The second-order valence-corrected chi connectivity index (χ2v) is 4.01. The zero-order chi connectivity index (χ0) is 13.0. The van der Waals surface area contributed by atoms with Crippen molar-refractivity contribution in [2.75, 3.05) is 5.32 Å². The highest BCUT2D eigenvalue weighted by Gasteiger charge is 2.11. The standard InChI is InChI=1S/C14H15N3O/c1-3-11-6-4-5-10(2)13(11)17-14(18)12-7-8-15-9-16-12/h4-9H,3H2,1-2H3,(H,17,18). The van der Waals surface area contributed by atoms with Crippen LogP contribution in [0, 0.1) is 6.92 Å². The Balaban J connectivity index is 2.27. The maximum Gasteiger partial charge on any atom is 0.274 e. The van der Waals surface area contributed by atoms with Gasteiger partial charge in [0.2, 0.25) is 0 Å². The zero-order valence-corrected chi connectivity index (χ0v) is 10.5. The van der Waals surface area contributed by atoms with Gasteiger partial charge in [-0.1, -0.05) is 25.1 Å². The summed E-state index contributed by atoms with van der Waals surface area (Å²) < 4.78 is 0. The van der Waals surface area contributed by atoms with Crippen molar-refractivity contribution in [1.29, 1.82) is 0 Å². The molecule has 1 aromatic carbocycles. The van der Waals surface area contributed by atoms with Gasteiger partial charge >= 0.3 is 0 Å². The number of benzene rings is 1. The van der Waals surface area contributed by atoms with E-state index in [1.54, 1.807) is 12.3 Å². The number of para-hydroxylation sites is 1. The molecule has 1 heterocycles. The van der Waals surface area contributed by atoms with Crippen LogP contribution in [0.4, 0.5) is 5.69 Å². The van der Waals surface area contributed by atoms with Crippen LogP contribution in [-0.2, 0) is 6.42 Å². The van der Waals surface area contributed by atoms with Crippen LogP contribution in [0.2, 0.25) is 0 Å². The summed E-state index contributed by atoms with van der Waals surface area (Å²) in [6, 6.07) is 7.59. The van der Waals surface area contributed by atoms with Gasteiger partial charge in [-0.05, 0) is 30.5 Å². The van der Waals surface area contributed by atoms with E-state index in [2.05, 4.69) is 22.2 Å². The van der Waals surface area contributed by atoms with Crippen molar-refractivity contribution in [3.8, 4) is 0 Å². The van der Waals surface area contributed by atoms with Gasteiger partial charge in [0.1, 0.15) is 12.0 Å². The van der Waals surface area contributed by atoms with Gasteiger partial charge in [-0.25, -0.2) is 9.97 Å². The van der Waals surface area contributed by atoms with Crippen LogP contribution < -0.4 is 5.32 Å². The molecule has 0 atom stereocenters. The van der Waals surface area contributed by atoms with Gasteiger partial charge in [-0.15, -0.1) is 0 Å². The van der Waals surface area contributed by atoms with E-state index in [0.717, 1.165) is 23.2 Å². The fourth-order valence-corrected chi connectivity index (χ4v) is 1.80. The van der Waals surface area contributed by atoms with Gasteiger partial charge in [-0.3, -0.25) is 4.79 Å². The number of amides is 1. The Morgan fingerprint density at radius 2 is 2.17 bits per heavy atom. The Morgan fingerprint density at radius 1 is 1.33 bits per heavy atom. The van der Waals surface area contributed by atoms with Crippen molar-refractivity contribution < 1.29 is 4.79 Å². The second kappa shape index (κ2) is 5.40. The number of carbonyl (C=O) groups excluding carboxylic acids is 1. The minimum Gasteiger partial charge on any atom is -0.320 e. The first-order valence-electron chi connectivity index (χ1n) is 5.88. The van der Waals surface area contributed by atoms with Crippen LogP contribution in [0.1, 0.15) is 28.5 Å². The maximum absolute atomic E-state index is 12.0. The van der Waals surface area contributed by atoms with Crippen LogP contribution in [0.25, 0.3) is 0 Å². The molecule has 0 saturated heterocycles. The molecule has 4 nitrogen and oxygen atoms in total. The molecular formula is C14H15N3O. The molecule has 1 aromatic heterocycles. The first kappa shape index (κ1) is 12.2. The average Bonchev–Trinajstić information content (AvgIpc) is 2.42. The molecule has 1 N–H and O–H groups in total. The molecule has 18 heavy (non-hydrogen) atoms. The van der Waals surface area contributed by atoms with Crippen molar-refractivity contribution >= 4 is 11.6 Å². The molecule has 0 aliphatic heterocycles.